The molecule has 0 radical (unpaired) electrons. The first-order chi connectivity index (χ1) is 13.4. The molecule has 0 saturated heterocycles. The third kappa shape index (κ3) is 4.06. The molecular formula is C20H23NO7. The van der Waals surface area contributed by atoms with E-state index in [-0.39, 0.29) is 5.57 Å². The van der Waals surface area contributed by atoms with Crippen LogP contribution in [-0.2, 0) is 4.79 Å². The van der Waals surface area contributed by atoms with Crippen LogP contribution in [0.3, 0.4) is 0 Å². The molecule has 3 N–H and O–H groups in total. The Morgan fingerprint density at radius 3 is 1.75 bits per heavy atom. The van der Waals surface area contributed by atoms with Crippen LogP contribution in [0.15, 0.2) is 24.3 Å². The van der Waals surface area contributed by atoms with E-state index < -0.39 is 5.97 Å². The Kier molecular flexibility index (Phi) is 6.59. The summed E-state index contributed by atoms with van der Waals surface area (Å²) in [6.45, 7) is 0. The molecule has 0 aromatic heterocycles. The summed E-state index contributed by atoms with van der Waals surface area (Å²) in [6.07, 6.45) is 1.44. The van der Waals surface area contributed by atoms with E-state index in [4.69, 9.17) is 29.4 Å². The Balaban J connectivity index is 2.69. The second-order valence-electron chi connectivity index (χ2n) is 5.61. The van der Waals surface area contributed by atoms with Crippen LogP contribution in [0, 0.1) is 0 Å². The van der Waals surface area contributed by atoms with Gasteiger partial charge in [0.25, 0.3) is 0 Å². The fourth-order valence-electron chi connectivity index (χ4n) is 2.70. The molecule has 150 valence electrons. The Labute approximate surface area is 163 Å². The van der Waals surface area contributed by atoms with Crippen LogP contribution in [0.5, 0.6) is 28.7 Å². The predicted molar refractivity (Wildman–Crippen MR) is 106 cm³/mol. The summed E-state index contributed by atoms with van der Waals surface area (Å²) < 4.78 is 26.4. The Morgan fingerprint density at radius 1 is 0.821 bits per heavy atom. The van der Waals surface area contributed by atoms with Crippen molar-refractivity contribution in [3.8, 4) is 28.7 Å². The largest absolute Gasteiger partial charge is 0.493 e. The van der Waals surface area contributed by atoms with Crippen molar-refractivity contribution in [2.75, 3.05) is 41.3 Å². The van der Waals surface area contributed by atoms with Crippen LogP contribution in [0.4, 0.5) is 5.69 Å². The third-order valence-corrected chi connectivity index (χ3v) is 4.10. The number of rotatable bonds is 8. The van der Waals surface area contributed by atoms with E-state index in [2.05, 4.69) is 0 Å². The first kappa shape index (κ1) is 20.8. The van der Waals surface area contributed by atoms with E-state index in [1.54, 1.807) is 24.3 Å². The molecule has 0 aliphatic carbocycles. The molecule has 0 atom stereocenters. The molecule has 0 spiro atoms. The number of anilines is 1. The Bertz CT molecular complexity index is 881. The summed E-state index contributed by atoms with van der Waals surface area (Å²) >= 11 is 0. The molecule has 0 aliphatic heterocycles. The number of aliphatic carboxylic acids is 1. The zero-order chi connectivity index (χ0) is 20.8. The second-order valence-corrected chi connectivity index (χ2v) is 5.61. The van der Waals surface area contributed by atoms with Gasteiger partial charge in [-0.2, -0.15) is 0 Å². The predicted octanol–water partition coefficient (Wildman–Crippen LogP) is 2.94. The normalized spacial score (nSPS) is 11.0. The smallest absolute Gasteiger partial charge is 0.336 e. The fraction of sp³-hybridized carbons (Fsp3) is 0.250. The van der Waals surface area contributed by atoms with Gasteiger partial charge in [0.1, 0.15) is 0 Å². The minimum atomic E-state index is -1.15. The van der Waals surface area contributed by atoms with Gasteiger partial charge in [-0.25, -0.2) is 4.79 Å². The van der Waals surface area contributed by atoms with Gasteiger partial charge in [0, 0.05) is 17.3 Å². The average Bonchev–Trinajstić information content (AvgIpc) is 2.70. The van der Waals surface area contributed by atoms with E-state index >= 15 is 0 Å². The lowest BCUT2D eigenvalue weighted by molar-refractivity contribution is -0.130. The average molecular weight is 389 g/mol. The van der Waals surface area contributed by atoms with Crippen LogP contribution in [0.2, 0.25) is 0 Å². The van der Waals surface area contributed by atoms with Crippen molar-refractivity contribution in [2.24, 2.45) is 0 Å². The lowest BCUT2D eigenvalue weighted by atomic mass is 10.0. The van der Waals surface area contributed by atoms with Gasteiger partial charge in [0.05, 0.1) is 41.1 Å². The minimum absolute atomic E-state index is 0.0156. The molecule has 0 heterocycles. The zero-order valence-electron chi connectivity index (χ0n) is 16.4. The number of carboxylic acids is 1. The highest BCUT2D eigenvalue weighted by Crippen LogP contribution is 2.41. The lowest BCUT2D eigenvalue weighted by Gasteiger charge is -2.15. The number of methoxy groups -OCH3 is 5. The number of benzene rings is 2. The molecule has 0 unspecified atom stereocenters. The van der Waals surface area contributed by atoms with Gasteiger partial charge in [-0.3, -0.25) is 0 Å². The Morgan fingerprint density at radius 2 is 1.32 bits per heavy atom. The first-order valence-electron chi connectivity index (χ1n) is 8.17. The molecule has 0 saturated carbocycles. The molecular weight excluding hydrogens is 366 g/mol. The van der Waals surface area contributed by atoms with E-state index in [9.17, 15) is 9.90 Å². The van der Waals surface area contributed by atoms with Crippen LogP contribution in [0.25, 0.3) is 11.6 Å². The van der Waals surface area contributed by atoms with Crippen LogP contribution >= 0.6 is 0 Å². The summed E-state index contributed by atoms with van der Waals surface area (Å²) in [7, 11) is 7.36. The maximum absolute atomic E-state index is 12.0. The van der Waals surface area contributed by atoms with Crippen LogP contribution < -0.4 is 29.4 Å². The number of carboxylic acid groups (broad SMARTS) is 1. The number of nitrogen functional groups attached to an aromatic ring is 1. The number of ether oxygens (including phenoxy) is 5. The van der Waals surface area contributed by atoms with E-state index in [0.29, 0.717) is 45.6 Å². The van der Waals surface area contributed by atoms with Crippen LogP contribution in [-0.4, -0.2) is 46.6 Å². The number of hydrogen-bond acceptors (Lipinski definition) is 7. The maximum Gasteiger partial charge on any atom is 0.336 e. The van der Waals surface area contributed by atoms with Gasteiger partial charge in [-0.05, 0) is 29.8 Å². The summed E-state index contributed by atoms with van der Waals surface area (Å²) in [4.78, 5) is 12.0. The molecule has 8 nitrogen and oxygen atoms in total. The molecule has 0 bridgehead atoms. The van der Waals surface area contributed by atoms with Gasteiger partial charge >= 0.3 is 5.97 Å². The molecule has 2 aromatic rings. The minimum Gasteiger partial charge on any atom is -0.493 e. The molecule has 0 fully saturated rings. The fourth-order valence-corrected chi connectivity index (χ4v) is 2.70. The quantitative estimate of drug-likeness (QED) is 0.403. The highest BCUT2D eigenvalue weighted by molar-refractivity contribution is 6.21. The summed E-state index contributed by atoms with van der Waals surface area (Å²) in [6, 6.07) is 6.28. The van der Waals surface area contributed by atoms with Gasteiger partial charge in [0.2, 0.25) is 5.75 Å². The highest BCUT2D eigenvalue weighted by atomic mass is 16.5. The van der Waals surface area contributed by atoms with Crippen molar-refractivity contribution >= 4 is 23.3 Å². The standard InChI is InChI=1S/C20H23NO7/c1-24-15-9-12(14(21)10-16(15)25-2)6-13(20(22)23)11-7-17(26-3)19(28-5)18(8-11)27-4/h6-10H,21H2,1-5H3,(H,22,23)/b13-6+. The number of carbonyl (C=O) groups is 1. The molecule has 2 rings (SSSR count). The molecule has 0 amide bonds. The second kappa shape index (κ2) is 8.90. The van der Waals surface area contributed by atoms with E-state index in [0.717, 1.165) is 0 Å². The maximum atomic E-state index is 12.0. The summed E-state index contributed by atoms with van der Waals surface area (Å²) in [5, 5.41) is 9.78. The summed E-state index contributed by atoms with van der Waals surface area (Å²) in [5.41, 5.74) is 7.20. The van der Waals surface area contributed by atoms with Crippen molar-refractivity contribution in [3.05, 3.63) is 35.4 Å². The molecule has 28 heavy (non-hydrogen) atoms. The summed E-state index contributed by atoms with van der Waals surface area (Å²) in [5.74, 6) is 0.764. The first-order valence-corrected chi connectivity index (χ1v) is 8.17. The van der Waals surface area contributed by atoms with Crippen molar-refractivity contribution in [1.82, 2.24) is 0 Å². The third-order valence-electron chi connectivity index (χ3n) is 4.10. The lowest BCUT2D eigenvalue weighted by Crippen LogP contribution is -2.03. The van der Waals surface area contributed by atoms with Gasteiger partial charge in [-0.1, -0.05) is 0 Å². The van der Waals surface area contributed by atoms with Crippen molar-refractivity contribution in [3.63, 3.8) is 0 Å². The highest BCUT2D eigenvalue weighted by Gasteiger charge is 2.19. The Hall–Kier alpha value is -3.55. The van der Waals surface area contributed by atoms with Gasteiger partial charge in [-0.15, -0.1) is 0 Å². The van der Waals surface area contributed by atoms with Crippen molar-refractivity contribution in [2.45, 2.75) is 0 Å². The molecule has 2 aromatic carbocycles. The van der Waals surface area contributed by atoms with Gasteiger partial charge in [0.15, 0.2) is 23.0 Å². The SMILES string of the molecule is COc1cc(N)c(/C=C(/C(=O)O)c2cc(OC)c(OC)c(OC)c2)cc1OC. The molecule has 8 heteroatoms. The van der Waals surface area contributed by atoms with Crippen molar-refractivity contribution < 1.29 is 33.6 Å². The topological polar surface area (TPSA) is 109 Å². The van der Waals surface area contributed by atoms with E-state index in [1.165, 1.54) is 41.6 Å². The van der Waals surface area contributed by atoms with Crippen LogP contribution in [0.1, 0.15) is 11.1 Å². The zero-order valence-corrected chi connectivity index (χ0v) is 16.4. The number of nitrogens with two attached hydrogens (primary N) is 1. The van der Waals surface area contributed by atoms with Gasteiger partial charge < -0.3 is 34.5 Å². The van der Waals surface area contributed by atoms with E-state index in [1.807, 2.05) is 0 Å². The van der Waals surface area contributed by atoms with Crippen molar-refractivity contribution in [1.29, 1.82) is 0 Å². The monoisotopic (exact) mass is 389 g/mol. The molecule has 0 aliphatic rings. The number of hydrogen-bond donors (Lipinski definition) is 2.